The molecular weight excluding hydrogens is 380 g/mol. The first-order chi connectivity index (χ1) is 13.0. The van der Waals surface area contributed by atoms with Crippen LogP contribution in [0.15, 0.2) is 41.4 Å². The van der Waals surface area contributed by atoms with E-state index in [1.54, 1.807) is 23.2 Å². The van der Waals surface area contributed by atoms with Crippen LogP contribution in [0.1, 0.15) is 23.1 Å². The number of hydrogen-bond acceptors (Lipinski definition) is 6. The van der Waals surface area contributed by atoms with E-state index < -0.39 is 5.92 Å². The van der Waals surface area contributed by atoms with Crippen molar-refractivity contribution in [3.63, 3.8) is 0 Å². The van der Waals surface area contributed by atoms with Gasteiger partial charge in [-0.05, 0) is 25.8 Å². The summed E-state index contributed by atoms with van der Waals surface area (Å²) < 4.78 is 0. The Morgan fingerprint density at radius 3 is 2.11 bits per heavy atom. The molecule has 0 unspecified atom stereocenters. The molecule has 8 heteroatoms. The molecule has 140 valence electrons. The normalized spacial score (nSPS) is 11.8. The Kier molecular flexibility index (Phi) is 6.31. The molecule has 6 nitrogen and oxygen atoms in total. The fraction of sp³-hybridized carbons (Fsp3) is 0.263. The Bertz CT molecular complexity index is 888. The van der Waals surface area contributed by atoms with Gasteiger partial charge in [0.15, 0.2) is 10.3 Å². The Balaban J connectivity index is 1.74. The second kappa shape index (κ2) is 8.88. The zero-order valence-corrected chi connectivity index (χ0v) is 16.7. The summed E-state index contributed by atoms with van der Waals surface area (Å²) in [5, 5.41) is 10.2. The molecule has 0 spiro atoms. The first-order valence-corrected chi connectivity index (χ1v) is 10.2. The van der Waals surface area contributed by atoms with Crippen molar-refractivity contribution in [2.24, 2.45) is 5.92 Å². The maximum atomic E-state index is 12.8. The molecule has 1 atom stereocenters. The maximum Gasteiger partial charge on any atom is 0.230 e. The first kappa shape index (κ1) is 19.2. The van der Waals surface area contributed by atoms with Gasteiger partial charge in [0.25, 0.3) is 0 Å². The molecule has 0 aliphatic heterocycles. The van der Waals surface area contributed by atoms with E-state index in [-0.39, 0.29) is 18.2 Å². The predicted octanol–water partition coefficient (Wildman–Crippen LogP) is 4.04. The topological polar surface area (TPSA) is 84.0 Å². The number of nitrogens with one attached hydrogen (secondary N) is 2. The lowest BCUT2D eigenvalue weighted by Crippen LogP contribution is -2.29. The molecule has 0 radical (unpaired) electrons. The van der Waals surface area contributed by atoms with Crippen molar-refractivity contribution in [3.8, 4) is 0 Å². The van der Waals surface area contributed by atoms with Gasteiger partial charge in [-0.1, -0.05) is 29.3 Å². The number of hydrogen-bond donors (Lipinski definition) is 2. The third-order valence-electron chi connectivity index (χ3n) is 3.91. The molecular formula is C19H20N4O2S2. The first-order valence-electron chi connectivity index (χ1n) is 8.46. The lowest BCUT2D eigenvalue weighted by Gasteiger charge is -2.16. The molecule has 0 bridgehead atoms. The van der Waals surface area contributed by atoms with Crippen molar-refractivity contribution in [1.82, 2.24) is 9.97 Å². The molecule has 0 aliphatic carbocycles. The zero-order chi connectivity index (χ0) is 19.2. The Hall–Kier alpha value is -2.58. The zero-order valence-electron chi connectivity index (χ0n) is 15.1. The lowest BCUT2D eigenvalue weighted by atomic mass is 9.93. The minimum atomic E-state index is -0.505. The van der Waals surface area contributed by atoms with Crippen LogP contribution in [-0.4, -0.2) is 21.8 Å². The lowest BCUT2D eigenvalue weighted by molar-refractivity contribution is -0.124. The molecule has 1 aromatic carbocycles. The van der Waals surface area contributed by atoms with Gasteiger partial charge < -0.3 is 10.6 Å². The second-order valence-electron chi connectivity index (χ2n) is 6.31. The van der Waals surface area contributed by atoms with Crippen molar-refractivity contribution >= 4 is 44.8 Å². The summed E-state index contributed by atoms with van der Waals surface area (Å²) in [6.07, 6.45) is 3.81. The molecule has 0 saturated carbocycles. The van der Waals surface area contributed by atoms with Crippen molar-refractivity contribution in [3.05, 3.63) is 58.0 Å². The van der Waals surface area contributed by atoms with Gasteiger partial charge in [-0.2, -0.15) is 0 Å². The number of aryl methyl sites for hydroxylation is 2. The number of carbonyl (C=O) groups is 2. The number of benzene rings is 1. The summed E-state index contributed by atoms with van der Waals surface area (Å²) in [7, 11) is 0. The SMILES string of the molecule is Cc1cc(C)cc(C[C@H](CC(=O)Nc2nccs2)C(=O)Nc2nccs2)c1. The van der Waals surface area contributed by atoms with E-state index in [0.717, 1.165) is 16.7 Å². The number of rotatable bonds is 7. The van der Waals surface area contributed by atoms with Gasteiger partial charge in [-0.15, -0.1) is 22.7 Å². The predicted molar refractivity (Wildman–Crippen MR) is 109 cm³/mol. The van der Waals surface area contributed by atoms with Crippen molar-refractivity contribution in [2.45, 2.75) is 26.7 Å². The van der Waals surface area contributed by atoms with Crippen LogP contribution >= 0.6 is 22.7 Å². The standard InChI is InChI=1S/C19H20N4O2S2/c1-12-7-13(2)9-14(8-12)10-15(17(25)23-19-21-4-6-27-19)11-16(24)22-18-20-3-5-26-18/h3-9,15H,10-11H2,1-2H3,(H,20,22,24)(H,21,23,25)/t15-/m1/s1. The van der Waals surface area contributed by atoms with Crippen molar-refractivity contribution in [2.75, 3.05) is 10.6 Å². The van der Waals surface area contributed by atoms with Crippen LogP contribution in [0.2, 0.25) is 0 Å². The highest BCUT2D eigenvalue weighted by molar-refractivity contribution is 7.14. The van der Waals surface area contributed by atoms with Gasteiger partial charge in [0.2, 0.25) is 11.8 Å². The van der Waals surface area contributed by atoms with Crippen LogP contribution in [0.5, 0.6) is 0 Å². The highest BCUT2D eigenvalue weighted by atomic mass is 32.1. The minimum Gasteiger partial charge on any atom is -0.302 e. The summed E-state index contributed by atoms with van der Waals surface area (Å²) in [4.78, 5) is 33.3. The van der Waals surface area contributed by atoms with E-state index in [2.05, 4.69) is 38.8 Å². The average molecular weight is 401 g/mol. The Morgan fingerprint density at radius 1 is 0.963 bits per heavy atom. The van der Waals surface area contributed by atoms with E-state index in [1.165, 1.54) is 22.7 Å². The molecule has 2 aromatic heterocycles. The smallest absolute Gasteiger partial charge is 0.230 e. The van der Waals surface area contributed by atoms with E-state index in [4.69, 9.17) is 0 Å². The fourth-order valence-corrected chi connectivity index (χ4v) is 3.98. The van der Waals surface area contributed by atoms with E-state index in [1.807, 2.05) is 13.8 Å². The van der Waals surface area contributed by atoms with Crippen LogP contribution < -0.4 is 10.6 Å². The summed E-state index contributed by atoms with van der Waals surface area (Å²) in [6, 6.07) is 6.19. The van der Waals surface area contributed by atoms with Crippen LogP contribution in [0.25, 0.3) is 0 Å². The van der Waals surface area contributed by atoms with Crippen LogP contribution in [0.3, 0.4) is 0 Å². The van der Waals surface area contributed by atoms with E-state index >= 15 is 0 Å². The van der Waals surface area contributed by atoms with Crippen LogP contribution in [0, 0.1) is 19.8 Å². The van der Waals surface area contributed by atoms with Gasteiger partial charge in [-0.25, -0.2) is 9.97 Å². The third kappa shape index (κ3) is 5.70. The quantitative estimate of drug-likeness (QED) is 0.627. The molecule has 0 fully saturated rings. The third-order valence-corrected chi connectivity index (χ3v) is 5.28. The van der Waals surface area contributed by atoms with Gasteiger partial charge in [-0.3, -0.25) is 9.59 Å². The average Bonchev–Trinajstić information content (AvgIpc) is 3.27. The van der Waals surface area contributed by atoms with Gasteiger partial charge >= 0.3 is 0 Å². The number of thiazole rings is 2. The van der Waals surface area contributed by atoms with Gasteiger partial charge in [0.1, 0.15) is 0 Å². The maximum absolute atomic E-state index is 12.8. The molecule has 2 heterocycles. The summed E-state index contributed by atoms with van der Waals surface area (Å²) >= 11 is 2.70. The highest BCUT2D eigenvalue weighted by Gasteiger charge is 2.24. The molecule has 0 saturated heterocycles. The van der Waals surface area contributed by atoms with Crippen LogP contribution in [0.4, 0.5) is 10.3 Å². The molecule has 27 heavy (non-hydrogen) atoms. The van der Waals surface area contributed by atoms with Gasteiger partial charge in [0.05, 0.1) is 5.92 Å². The minimum absolute atomic E-state index is 0.0732. The molecule has 2 N–H and O–H groups in total. The fourth-order valence-electron chi connectivity index (χ4n) is 2.90. The summed E-state index contributed by atoms with van der Waals surface area (Å²) in [5.41, 5.74) is 3.31. The molecule has 3 rings (SSSR count). The number of amides is 2. The second-order valence-corrected chi connectivity index (χ2v) is 8.10. The van der Waals surface area contributed by atoms with E-state index in [9.17, 15) is 9.59 Å². The largest absolute Gasteiger partial charge is 0.302 e. The van der Waals surface area contributed by atoms with Crippen LogP contribution in [-0.2, 0) is 16.0 Å². The molecule has 0 aliphatic rings. The number of nitrogens with zero attached hydrogens (tertiary/aromatic N) is 2. The summed E-state index contributed by atoms with van der Waals surface area (Å²) in [6.45, 7) is 4.05. The Labute approximate surface area is 165 Å². The van der Waals surface area contributed by atoms with Crippen molar-refractivity contribution < 1.29 is 9.59 Å². The number of anilines is 2. The molecule has 3 aromatic rings. The monoisotopic (exact) mass is 400 g/mol. The number of carbonyl (C=O) groups excluding carboxylic acids is 2. The Morgan fingerprint density at radius 2 is 1.56 bits per heavy atom. The molecule has 2 amide bonds. The van der Waals surface area contributed by atoms with Crippen molar-refractivity contribution in [1.29, 1.82) is 0 Å². The summed E-state index contributed by atoms with van der Waals surface area (Å²) in [5.74, 6) is -0.943. The van der Waals surface area contributed by atoms with Gasteiger partial charge in [0, 0.05) is 29.6 Å². The number of aromatic nitrogens is 2. The highest BCUT2D eigenvalue weighted by Crippen LogP contribution is 2.20. The van der Waals surface area contributed by atoms with E-state index in [0.29, 0.717) is 16.7 Å².